The molecule has 0 radical (unpaired) electrons. The molecule has 1 aliphatic carbocycles. The second kappa shape index (κ2) is 12.1. The molecule has 196 valence electrons. The van der Waals surface area contributed by atoms with E-state index in [1.54, 1.807) is 29.1 Å². The van der Waals surface area contributed by atoms with E-state index in [0.29, 0.717) is 12.1 Å². The van der Waals surface area contributed by atoms with E-state index in [4.69, 9.17) is 5.26 Å². The first-order valence-electron chi connectivity index (χ1n) is 13.1. The van der Waals surface area contributed by atoms with E-state index in [-0.39, 0.29) is 23.7 Å². The van der Waals surface area contributed by atoms with Gasteiger partial charge >= 0.3 is 6.03 Å². The molecule has 2 amide bonds. The van der Waals surface area contributed by atoms with E-state index in [1.165, 1.54) is 6.07 Å². The molecule has 0 unspecified atom stereocenters. The van der Waals surface area contributed by atoms with Gasteiger partial charge in [0.15, 0.2) is 0 Å². The summed E-state index contributed by atoms with van der Waals surface area (Å²) < 4.78 is 1.58. The van der Waals surface area contributed by atoms with E-state index in [0.717, 1.165) is 48.4 Å². The van der Waals surface area contributed by atoms with Crippen LogP contribution in [0.4, 0.5) is 16.3 Å². The molecule has 2 N–H and O–H groups in total. The van der Waals surface area contributed by atoms with E-state index in [9.17, 15) is 9.59 Å². The minimum absolute atomic E-state index is 0.0260. The molecule has 5 rings (SSSR count). The summed E-state index contributed by atoms with van der Waals surface area (Å²) in [6.45, 7) is 0.439. The van der Waals surface area contributed by atoms with Gasteiger partial charge in [0.1, 0.15) is 11.9 Å². The molecular weight excluding hydrogens is 488 g/mol. The van der Waals surface area contributed by atoms with Gasteiger partial charge in [-0.2, -0.15) is 5.26 Å². The van der Waals surface area contributed by atoms with Crippen molar-refractivity contribution in [2.75, 3.05) is 10.2 Å². The Morgan fingerprint density at radius 3 is 2.36 bits per heavy atom. The molecule has 2 aromatic carbocycles. The van der Waals surface area contributed by atoms with Crippen LogP contribution in [0.5, 0.6) is 0 Å². The topological polar surface area (TPSA) is 103 Å². The summed E-state index contributed by atoms with van der Waals surface area (Å²) in [6.07, 6.45) is 6.72. The van der Waals surface area contributed by atoms with E-state index in [1.807, 2.05) is 71.6 Å². The van der Waals surface area contributed by atoms with Crippen LogP contribution < -0.4 is 21.1 Å². The summed E-state index contributed by atoms with van der Waals surface area (Å²) in [4.78, 5) is 32.0. The van der Waals surface area contributed by atoms with Crippen LogP contribution >= 0.6 is 0 Å². The SMILES string of the molecule is N#Cc1ccc(NC2CCC(N(C(=O)NCc3ccccc3)c3ccc(-n4ccccc4=O)cc3)CC2)nc1. The van der Waals surface area contributed by atoms with Gasteiger partial charge in [-0.05, 0) is 73.7 Å². The number of amides is 2. The predicted octanol–water partition coefficient (Wildman–Crippen LogP) is 5.24. The highest BCUT2D eigenvalue weighted by Gasteiger charge is 2.30. The van der Waals surface area contributed by atoms with E-state index >= 15 is 0 Å². The molecule has 0 atom stereocenters. The zero-order valence-corrected chi connectivity index (χ0v) is 21.5. The fourth-order valence-electron chi connectivity index (χ4n) is 5.00. The lowest BCUT2D eigenvalue weighted by atomic mass is 9.90. The number of nitriles is 1. The number of rotatable bonds is 7. The van der Waals surface area contributed by atoms with Gasteiger partial charge in [0, 0.05) is 48.5 Å². The van der Waals surface area contributed by atoms with Crippen LogP contribution in [0, 0.1) is 11.3 Å². The van der Waals surface area contributed by atoms with Crippen molar-refractivity contribution in [2.24, 2.45) is 0 Å². The Hall–Kier alpha value is -4.90. The Morgan fingerprint density at radius 1 is 0.949 bits per heavy atom. The average molecular weight is 519 g/mol. The smallest absolute Gasteiger partial charge is 0.322 e. The highest BCUT2D eigenvalue weighted by molar-refractivity contribution is 5.92. The van der Waals surface area contributed by atoms with Gasteiger partial charge in [-0.1, -0.05) is 36.4 Å². The van der Waals surface area contributed by atoms with Gasteiger partial charge in [-0.3, -0.25) is 14.3 Å². The Balaban J connectivity index is 1.31. The van der Waals surface area contributed by atoms with Crippen LogP contribution in [0.2, 0.25) is 0 Å². The minimum Gasteiger partial charge on any atom is -0.367 e. The molecule has 2 aromatic heterocycles. The zero-order chi connectivity index (χ0) is 27.0. The number of nitrogens with zero attached hydrogens (tertiary/aromatic N) is 4. The van der Waals surface area contributed by atoms with Gasteiger partial charge in [0.25, 0.3) is 5.56 Å². The number of anilines is 2. The number of hydrogen-bond donors (Lipinski definition) is 2. The van der Waals surface area contributed by atoms with Crippen molar-refractivity contribution >= 4 is 17.5 Å². The van der Waals surface area contributed by atoms with Gasteiger partial charge < -0.3 is 10.6 Å². The molecule has 1 aliphatic rings. The minimum atomic E-state index is -0.145. The maximum Gasteiger partial charge on any atom is 0.322 e. The number of nitrogens with one attached hydrogen (secondary N) is 2. The molecule has 1 saturated carbocycles. The van der Waals surface area contributed by atoms with E-state index in [2.05, 4.69) is 21.7 Å². The summed E-state index contributed by atoms with van der Waals surface area (Å²) in [5.41, 5.74) is 3.00. The van der Waals surface area contributed by atoms with Crippen molar-refractivity contribution in [3.05, 3.63) is 119 Å². The Labute approximate surface area is 227 Å². The first-order chi connectivity index (χ1) is 19.1. The highest BCUT2D eigenvalue weighted by Crippen LogP contribution is 2.30. The molecule has 4 aromatic rings. The van der Waals surface area contributed by atoms with Crippen molar-refractivity contribution in [3.63, 3.8) is 0 Å². The van der Waals surface area contributed by atoms with Crippen molar-refractivity contribution in [3.8, 4) is 11.8 Å². The van der Waals surface area contributed by atoms with Crippen molar-refractivity contribution < 1.29 is 4.79 Å². The van der Waals surface area contributed by atoms with Gasteiger partial charge in [-0.15, -0.1) is 0 Å². The number of pyridine rings is 2. The van der Waals surface area contributed by atoms with Crippen molar-refractivity contribution in [1.82, 2.24) is 14.9 Å². The third-order valence-electron chi connectivity index (χ3n) is 7.04. The number of hydrogen-bond acceptors (Lipinski definition) is 5. The third-order valence-corrected chi connectivity index (χ3v) is 7.04. The molecule has 0 spiro atoms. The van der Waals surface area contributed by atoms with Crippen LogP contribution in [0.15, 0.2) is 102 Å². The Kier molecular flexibility index (Phi) is 7.98. The lowest BCUT2D eigenvalue weighted by Gasteiger charge is -2.37. The van der Waals surface area contributed by atoms with Crippen molar-refractivity contribution in [2.45, 2.75) is 44.3 Å². The normalized spacial score (nSPS) is 16.6. The van der Waals surface area contributed by atoms with Crippen molar-refractivity contribution in [1.29, 1.82) is 5.26 Å². The van der Waals surface area contributed by atoms with Crippen LogP contribution in [0.25, 0.3) is 5.69 Å². The fourth-order valence-corrected chi connectivity index (χ4v) is 5.00. The van der Waals surface area contributed by atoms with Gasteiger partial charge in [0.2, 0.25) is 0 Å². The molecule has 8 heteroatoms. The summed E-state index contributed by atoms with van der Waals surface area (Å²) in [5.74, 6) is 0.752. The zero-order valence-electron chi connectivity index (χ0n) is 21.5. The molecule has 8 nitrogen and oxygen atoms in total. The standard InChI is InChI=1S/C31H30N6O2/c32-20-24-9-18-29(33-22-24)35-25-10-12-27(13-11-25)37(31(39)34-21-23-6-2-1-3-7-23)28-16-14-26(15-17-28)36-19-5-4-8-30(36)38/h1-9,14-19,22,25,27H,10-13,21H2,(H,33,35)(H,34,39). The van der Waals surface area contributed by atoms with Crippen LogP contribution in [-0.4, -0.2) is 27.7 Å². The maximum absolute atomic E-state index is 13.6. The Morgan fingerprint density at radius 2 is 1.69 bits per heavy atom. The summed E-state index contributed by atoms with van der Waals surface area (Å²) in [5, 5.41) is 15.6. The maximum atomic E-state index is 13.6. The van der Waals surface area contributed by atoms with Crippen LogP contribution in [0.3, 0.4) is 0 Å². The summed E-state index contributed by atoms with van der Waals surface area (Å²) in [6, 6.07) is 28.3. The molecule has 39 heavy (non-hydrogen) atoms. The molecule has 0 aliphatic heterocycles. The number of benzene rings is 2. The lowest BCUT2D eigenvalue weighted by molar-refractivity contribution is 0.240. The second-order valence-corrected chi connectivity index (χ2v) is 9.63. The number of carbonyl (C=O) groups is 1. The average Bonchev–Trinajstić information content (AvgIpc) is 2.99. The molecular formula is C31H30N6O2. The number of aromatic nitrogens is 2. The van der Waals surface area contributed by atoms with E-state index < -0.39 is 0 Å². The Bertz CT molecular complexity index is 1490. The predicted molar refractivity (Wildman–Crippen MR) is 152 cm³/mol. The fraction of sp³-hybridized carbons (Fsp3) is 0.226. The summed E-state index contributed by atoms with van der Waals surface area (Å²) in [7, 11) is 0. The first-order valence-corrected chi connectivity index (χ1v) is 13.1. The summed E-state index contributed by atoms with van der Waals surface area (Å²) >= 11 is 0. The largest absolute Gasteiger partial charge is 0.367 e. The van der Waals surface area contributed by atoms with Gasteiger partial charge in [0.05, 0.1) is 5.56 Å². The quantitative estimate of drug-likeness (QED) is 0.348. The van der Waals surface area contributed by atoms with Crippen LogP contribution in [-0.2, 0) is 6.54 Å². The second-order valence-electron chi connectivity index (χ2n) is 9.63. The third kappa shape index (κ3) is 6.33. The number of carbonyl (C=O) groups excluding carboxylic acids is 1. The first kappa shape index (κ1) is 25.7. The van der Waals surface area contributed by atoms with Gasteiger partial charge in [-0.25, -0.2) is 9.78 Å². The lowest BCUT2D eigenvalue weighted by Crippen LogP contribution is -2.48. The highest BCUT2D eigenvalue weighted by atomic mass is 16.2. The molecule has 0 saturated heterocycles. The number of urea groups is 1. The molecule has 1 fully saturated rings. The monoisotopic (exact) mass is 518 g/mol. The molecule has 2 heterocycles. The van der Waals surface area contributed by atoms with Crippen LogP contribution in [0.1, 0.15) is 36.8 Å². The molecule has 0 bridgehead atoms.